The Labute approximate surface area is 156 Å². The number of benzene rings is 2. The van der Waals surface area contributed by atoms with Crippen molar-refractivity contribution in [1.82, 2.24) is 4.98 Å². The molecule has 0 spiro atoms. The molecule has 0 aliphatic carbocycles. The monoisotopic (exact) mass is 366 g/mol. The number of ether oxygens (including phenoxy) is 3. The van der Waals surface area contributed by atoms with Gasteiger partial charge in [-0.25, -0.2) is 4.39 Å². The molecule has 0 radical (unpaired) electrons. The Bertz CT molecular complexity index is 1030. The maximum Gasteiger partial charge on any atom is 0.161 e. The summed E-state index contributed by atoms with van der Waals surface area (Å²) in [4.78, 5) is 4.49. The van der Waals surface area contributed by atoms with Gasteiger partial charge in [0.15, 0.2) is 11.5 Å². The van der Waals surface area contributed by atoms with Gasteiger partial charge in [0.2, 0.25) is 0 Å². The lowest BCUT2D eigenvalue weighted by molar-refractivity contribution is 0.356. The third-order valence-electron chi connectivity index (χ3n) is 4.44. The van der Waals surface area contributed by atoms with Crippen LogP contribution in [0.3, 0.4) is 0 Å². The van der Waals surface area contributed by atoms with E-state index in [0.29, 0.717) is 28.5 Å². The zero-order chi connectivity index (χ0) is 19.4. The maximum atomic E-state index is 14.3. The minimum atomic E-state index is -0.327. The number of nitriles is 1. The molecule has 0 atom stereocenters. The molecular weight excluding hydrogens is 347 g/mol. The van der Waals surface area contributed by atoms with Crippen LogP contribution in [0.25, 0.3) is 10.8 Å². The van der Waals surface area contributed by atoms with Crippen LogP contribution in [0, 0.1) is 17.1 Å². The summed E-state index contributed by atoms with van der Waals surface area (Å²) in [6.07, 6.45) is 2.15. The van der Waals surface area contributed by atoms with E-state index >= 15 is 0 Å². The van der Waals surface area contributed by atoms with Crippen molar-refractivity contribution in [2.75, 3.05) is 21.3 Å². The van der Waals surface area contributed by atoms with Crippen molar-refractivity contribution in [3.63, 3.8) is 0 Å². The molecule has 2 aromatic carbocycles. The Morgan fingerprint density at radius 3 is 2.30 bits per heavy atom. The zero-order valence-electron chi connectivity index (χ0n) is 15.4. The van der Waals surface area contributed by atoms with Gasteiger partial charge < -0.3 is 14.2 Å². The molecule has 0 aliphatic rings. The number of aromatic nitrogens is 1. The second-order valence-electron chi connectivity index (χ2n) is 5.95. The lowest BCUT2D eigenvalue weighted by atomic mass is 9.98. The highest BCUT2D eigenvalue weighted by molar-refractivity contribution is 5.91. The molecular formula is C21H19FN2O3. The Morgan fingerprint density at radius 1 is 0.963 bits per heavy atom. The molecule has 0 amide bonds. The van der Waals surface area contributed by atoms with Crippen LogP contribution in [0.4, 0.5) is 4.39 Å². The van der Waals surface area contributed by atoms with Crippen LogP contribution in [-0.4, -0.2) is 26.3 Å². The van der Waals surface area contributed by atoms with Crippen LogP contribution in [0.2, 0.25) is 0 Å². The molecule has 27 heavy (non-hydrogen) atoms. The van der Waals surface area contributed by atoms with Gasteiger partial charge in [-0.2, -0.15) is 5.26 Å². The first kappa shape index (κ1) is 18.5. The number of halogens is 1. The standard InChI is InChI=1S/C21H19FN2O3/c1-25-15-4-5-18(22)14(8-15)9-19-17-11-21(27-3)20(26-2)10-16(17)13(6-7-23)12-24-19/h4-5,8,10-12H,6,9H2,1-3H3. The van der Waals surface area contributed by atoms with Gasteiger partial charge in [-0.05, 0) is 46.8 Å². The molecule has 0 unspecified atom stereocenters. The van der Waals surface area contributed by atoms with Gasteiger partial charge in [0.25, 0.3) is 0 Å². The molecule has 0 saturated heterocycles. The Hall–Kier alpha value is -3.33. The lowest BCUT2D eigenvalue weighted by Crippen LogP contribution is -2.01. The number of methoxy groups -OCH3 is 3. The van der Waals surface area contributed by atoms with Gasteiger partial charge in [-0.15, -0.1) is 0 Å². The number of fused-ring (bicyclic) bond motifs is 1. The van der Waals surface area contributed by atoms with Crippen molar-refractivity contribution in [2.24, 2.45) is 0 Å². The molecule has 0 aliphatic heterocycles. The second-order valence-corrected chi connectivity index (χ2v) is 5.95. The molecule has 0 bridgehead atoms. The van der Waals surface area contributed by atoms with Crippen LogP contribution in [0.5, 0.6) is 17.2 Å². The van der Waals surface area contributed by atoms with Crippen molar-refractivity contribution in [3.05, 3.63) is 59.2 Å². The predicted octanol–water partition coefficient (Wildman–Crippen LogP) is 4.06. The Kier molecular flexibility index (Phi) is 5.41. The molecule has 5 nitrogen and oxygen atoms in total. The topological polar surface area (TPSA) is 64.4 Å². The highest BCUT2D eigenvalue weighted by Gasteiger charge is 2.15. The van der Waals surface area contributed by atoms with Gasteiger partial charge in [0, 0.05) is 18.0 Å². The summed E-state index contributed by atoms with van der Waals surface area (Å²) in [6.45, 7) is 0. The van der Waals surface area contributed by atoms with E-state index in [-0.39, 0.29) is 18.7 Å². The maximum absolute atomic E-state index is 14.3. The third kappa shape index (κ3) is 3.63. The normalized spacial score (nSPS) is 10.5. The van der Waals surface area contributed by atoms with E-state index in [2.05, 4.69) is 11.1 Å². The van der Waals surface area contributed by atoms with Crippen molar-refractivity contribution >= 4 is 10.8 Å². The molecule has 3 aromatic rings. The van der Waals surface area contributed by atoms with Crippen molar-refractivity contribution in [2.45, 2.75) is 12.8 Å². The summed E-state index contributed by atoms with van der Waals surface area (Å²) in [5, 5.41) is 10.7. The fourth-order valence-electron chi connectivity index (χ4n) is 3.04. The summed E-state index contributed by atoms with van der Waals surface area (Å²) in [5.74, 6) is 1.37. The first-order chi connectivity index (χ1) is 13.1. The van der Waals surface area contributed by atoms with E-state index < -0.39 is 0 Å². The molecule has 0 N–H and O–H groups in total. The van der Waals surface area contributed by atoms with E-state index in [1.165, 1.54) is 6.07 Å². The minimum Gasteiger partial charge on any atom is -0.497 e. The van der Waals surface area contributed by atoms with Crippen LogP contribution in [0.1, 0.15) is 16.8 Å². The molecule has 138 valence electrons. The Balaban J connectivity index is 2.18. The first-order valence-electron chi connectivity index (χ1n) is 8.33. The summed E-state index contributed by atoms with van der Waals surface area (Å²) >= 11 is 0. The van der Waals surface area contributed by atoms with E-state index in [1.807, 2.05) is 12.1 Å². The van der Waals surface area contributed by atoms with E-state index in [0.717, 1.165) is 16.3 Å². The predicted molar refractivity (Wildman–Crippen MR) is 99.9 cm³/mol. The highest BCUT2D eigenvalue weighted by atomic mass is 19.1. The van der Waals surface area contributed by atoms with Crippen LogP contribution < -0.4 is 14.2 Å². The lowest BCUT2D eigenvalue weighted by Gasteiger charge is -2.14. The molecule has 1 aromatic heterocycles. The highest BCUT2D eigenvalue weighted by Crippen LogP contribution is 2.35. The van der Waals surface area contributed by atoms with Crippen LogP contribution in [-0.2, 0) is 12.8 Å². The molecule has 3 rings (SSSR count). The van der Waals surface area contributed by atoms with Gasteiger partial charge in [0.05, 0.1) is 39.5 Å². The minimum absolute atomic E-state index is 0.215. The van der Waals surface area contributed by atoms with E-state index in [1.54, 1.807) is 39.7 Å². The smallest absolute Gasteiger partial charge is 0.161 e. The van der Waals surface area contributed by atoms with Crippen LogP contribution >= 0.6 is 0 Å². The Morgan fingerprint density at radius 2 is 1.67 bits per heavy atom. The van der Waals surface area contributed by atoms with Crippen molar-refractivity contribution in [3.8, 4) is 23.3 Å². The van der Waals surface area contributed by atoms with Crippen LogP contribution in [0.15, 0.2) is 36.5 Å². The summed E-state index contributed by atoms with van der Waals surface area (Å²) in [7, 11) is 4.65. The molecule has 6 heteroatoms. The van der Waals surface area contributed by atoms with Gasteiger partial charge in [-0.1, -0.05) is 0 Å². The van der Waals surface area contributed by atoms with Crippen molar-refractivity contribution < 1.29 is 18.6 Å². The number of rotatable bonds is 6. The fraction of sp³-hybridized carbons (Fsp3) is 0.238. The second kappa shape index (κ2) is 7.92. The number of nitrogens with zero attached hydrogens (tertiary/aromatic N) is 2. The number of hydrogen-bond donors (Lipinski definition) is 0. The number of pyridine rings is 1. The summed E-state index contributed by atoms with van der Waals surface area (Å²) < 4.78 is 30.3. The van der Waals surface area contributed by atoms with Gasteiger partial charge in [-0.3, -0.25) is 4.98 Å². The number of hydrogen-bond acceptors (Lipinski definition) is 5. The largest absolute Gasteiger partial charge is 0.497 e. The van der Waals surface area contributed by atoms with E-state index in [4.69, 9.17) is 19.5 Å². The first-order valence-corrected chi connectivity index (χ1v) is 8.33. The quantitative estimate of drug-likeness (QED) is 0.658. The van der Waals surface area contributed by atoms with Gasteiger partial charge in [0.1, 0.15) is 11.6 Å². The molecule has 0 fully saturated rings. The average Bonchev–Trinajstić information content (AvgIpc) is 2.70. The van der Waals surface area contributed by atoms with Crippen molar-refractivity contribution in [1.29, 1.82) is 5.26 Å². The average molecular weight is 366 g/mol. The molecule has 1 heterocycles. The SMILES string of the molecule is COc1ccc(F)c(Cc2ncc(CC#N)c3cc(OC)c(OC)cc23)c1. The summed E-state index contributed by atoms with van der Waals surface area (Å²) in [5.41, 5.74) is 1.94. The summed E-state index contributed by atoms with van der Waals surface area (Å²) in [6, 6.07) is 10.4. The third-order valence-corrected chi connectivity index (χ3v) is 4.44. The fourth-order valence-corrected chi connectivity index (χ4v) is 3.04. The van der Waals surface area contributed by atoms with Gasteiger partial charge >= 0.3 is 0 Å². The molecule has 0 saturated carbocycles. The van der Waals surface area contributed by atoms with E-state index in [9.17, 15) is 4.39 Å². The zero-order valence-corrected chi connectivity index (χ0v) is 15.4.